The molecule has 1 rings (SSSR count). The van der Waals surface area contributed by atoms with Crippen molar-refractivity contribution in [3.8, 4) is 0 Å². The summed E-state index contributed by atoms with van der Waals surface area (Å²) in [5.41, 5.74) is 0. The van der Waals surface area contributed by atoms with E-state index < -0.39 is 0 Å². The molecular formula is C13H28N4O2. The molecule has 0 saturated carbocycles. The molecular weight excluding hydrogens is 244 g/mol. The predicted molar refractivity (Wildman–Crippen MR) is 76.3 cm³/mol. The van der Waals surface area contributed by atoms with E-state index in [1.54, 1.807) is 7.11 Å². The van der Waals surface area contributed by atoms with Crippen molar-refractivity contribution in [3.05, 3.63) is 0 Å². The number of carbonyl (C=O) groups is 1. The smallest absolute Gasteiger partial charge is 0.237 e. The molecule has 1 unspecified atom stereocenters. The number of carbonyl (C=O) groups excluding carboxylic acids is 1. The Morgan fingerprint density at radius 2 is 2.11 bits per heavy atom. The van der Waals surface area contributed by atoms with E-state index in [0.29, 0.717) is 6.54 Å². The molecule has 1 atom stereocenters. The number of ether oxygens (including phenoxy) is 1. The van der Waals surface area contributed by atoms with Crippen LogP contribution in [0.5, 0.6) is 0 Å². The van der Waals surface area contributed by atoms with Crippen LogP contribution in [0, 0.1) is 0 Å². The molecule has 6 heteroatoms. The fourth-order valence-electron chi connectivity index (χ4n) is 2.11. The van der Waals surface area contributed by atoms with Crippen LogP contribution >= 0.6 is 0 Å². The van der Waals surface area contributed by atoms with Gasteiger partial charge in [0, 0.05) is 52.9 Å². The van der Waals surface area contributed by atoms with Gasteiger partial charge in [-0.05, 0) is 14.0 Å². The zero-order valence-corrected chi connectivity index (χ0v) is 12.4. The molecule has 1 heterocycles. The van der Waals surface area contributed by atoms with Gasteiger partial charge in [0.2, 0.25) is 5.91 Å². The molecule has 112 valence electrons. The molecule has 1 amide bonds. The van der Waals surface area contributed by atoms with Gasteiger partial charge in [-0.1, -0.05) is 0 Å². The Hall–Kier alpha value is -0.690. The van der Waals surface area contributed by atoms with Crippen LogP contribution in [0.25, 0.3) is 0 Å². The van der Waals surface area contributed by atoms with E-state index in [0.717, 1.165) is 45.9 Å². The first-order valence-corrected chi connectivity index (χ1v) is 7.05. The maximum atomic E-state index is 12.0. The van der Waals surface area contributed by atoms with Crippen LogP contribution in [0.2, 0.25) is 0 Å². The Bertz CT molecular complexity index is 257. The normalized spacial score (nSPS) is 18.5. The summed E-state index contributed by atoms with van der Waals surface area (Å²) in [7, 11) is 3.73. The van der Waals surface area contributed by atoms with Crippen molar-refractivity contribution < 1.29 is 9.53 Å². The van der Waals surface area contributed by atoms with Crippen molar-refractivity contribution in [2.45, 2.75) is 13.0 Å². The molecule has 0 bridgehead atoms. The van der Waals surface area contributed by atoms with Gasteiger partial charge in [-0.15, -0.1) is 0 Å². The van der Waals surface area contributed by atoms with Gasteiger partial charge in [0.25, 0.3) is 0 Å². The summed E-state index contributed by atoms with van der Waals surface area (Å²) in [6.07, 6.45) is 0. The molecule has 0 aliphatic carbocycles. The summed E-state index contributed by atoms with van der Waals surface area (Å²) < 4.78 is 5.02. The van der Waals surface area contributed by atoms with Crippen LogP contribution in [-0.4, -0.2) is 88.3 Å². The number of nitrogens with one attached hydrogen (secondary N) is 2. The molecule has 0 radical (unpaired) electrons. The SMILES string of the molecule is COCCN(C)CCNC(=O)C(C)N1CCNCC1. The highest BCUT2D eigenvalue weighted by Gasteiger charge is 2.22. The minimum absolute atomic E-state index is 0.0358. The van der Waals surface area contributed by atoms with E-state index in [2.05, 4.69) is 20.4 Å². The monoisotopic (exact) mass is 272 g/mol. The zero-order valence-electron chi connectivity index (χ0n) is 12.4. The van der Waals surface area contributed by atoms with E-state index in [1.807, 2.05) is 14.0 Å². The number of likely N-dealkylation sites (N-methyl/N-ethyl adjacent to an activating group) is 1. The minimum atomic E-state index is -0.0358. The second-order valence-corrected chi connectivity index (χ2v) is 5.05. The maximum Gasteiger partial charge on any atom is 0.237 e. The predicted octanol–water partition coefficient (Wildman–Crippen LogP) is -1.03. The van der Waals surface area contributed by atoms with Crippen molar-refractivity contribution in [1.29, 1.82) is 0 Å². The lowest BCUT2D eigenvalue weighted by atomic mass is 10.2. The Kier molecular flexibility index (Phi) is 7.97. The van der Waals surface area contributed by atoms with E-state index in [4.69, 9.17) is 4.74 Å². The highest BCUT2D eigenvalue weighted by Crippen LogP contribution is 2.00. The lowest BCUT2D eigenvalue weighted by molar-refractivity contribution is -0.126. The van der Waals surface area contributed by atoms with Crippen molar-refractivity contribution in [2.24, 2.45) is 0 Å². The van der Waals surface area contributed by atoms with Gasteiger partial charge in [-0.3, -0.25) is 9.69 Å². The summed E-state index contributed by atoms with van der Waals surface area (Å²) in [5.74, 6) is 0.127. The quantitative estimate of drug-likeness (QED) is 0.592. The number of rotatable bonds is 8. The van der Waals surface area contributed by atoms with Crippen LogP contribution in [0.4, 0.5) is 0 Å². The van der Waals surface area contributed by atoms with Gasteiger partial charge in [0.15, 0.2) is 0 Å². The van der Waals surface area contributed by atoms with Gasteiger partial charge >= 0.3 is 0 Å². The third kappa shape index (κ3) is 6.33. The first-order valence-electron chi connectivity index (χ1n) is 7.05. The number of piperazine rings is 1. The average molecular weight is 272 g/mol. The third-order valence-corrected chi connectivity index (χ3v) is 3.55. The lowest BCUT2D eigenvalue weighted by Gasteiger charge is -2.32. The standard InChI is InChI=1S/C13H28N4O2/c1-12(17-8-4-14-5-9-17)13(18)15-6-7-16(2)10-11-19-3/h12,14H,4-11H2,1-3H3,(H,15,18). The first-order chi connectivity index (χ1) is 9.15. The molecule has 0 aromatic rings. The van der Waals surface area contributed by atoms with Crippen LogP contribution in [-0.2, 0) is 9.53 Å². The van der Waals surface area contributed by atoms with Crippen molar-refractivity contribution in [3.63, 3.8) is 0 Å². The van der Waals surface area contributed by atoms with Crippen molar-refractivity contribution >= 4 is 5.91 Å². The molecule has 1 fully saturated rings. The average Bonchev–Trinajstić information content (AvgIpc) is 2.45. The van der Waals surface area contributed by atoms with E-state index in [-0.39, 0.29) is 11.9 Å². The van der Waals surface area contributed by atoms with E-state index >= 15 is 0 Å². The first kappa shape index (κ1) is 16.4. The number of amides is 1. The number of methoxy groups -OCH3 is 1. The van der Waals surface area contributed by atoms with Gasteiger partial charge < -0.3 is 20.3 Å². The van der Waals surface area contributed by atoms with Gasteiger partial charge in [0.1, 0.15) is 0 Å². The summed E-state index contributed by atoms with van der Waals surface area (Å²) in [4.78, 5) is 16.4. The van der Waals surface area contributed by atoms with Crippen molar-refractivity contribution in [1.82, 2.24) is 20.4 Å². The highest BCUT2D eigenvalue weighted by molar-refractivity contribution is 5.81. The summed E-state index contributed by atoms with van der Waals surface area (Å²) >= 11 is 0. The largest absolute Gasteiger partial charge is 0.383 e. The Morgan fingerprint density at radius 3 is 2.74 bits per heavy atom. The van der Waals surface area contributed by atoms with Crippen LogP contribution in [0.1, 0.15) is 6.92 Å². The number of hydrogen-bond acceptors (Lipinski definition) is 5. The Labute approximate surface area is 116 Å². The summed E-state index contributed by atoms with van der Waals surface area (Å²) in [5, 5.41) is 6.30. The van der Waals surface area contributed by atoms with Gasteiger partial charge in [-0.25, -0.2) is 0 Å². The molecule has 0 aromatic heterocycles. The van der Waals surface area contributed by atoms with Crippen LogP contribution in [0.15, 0.2) is 0 Å². The molecule has 0 spiro atoms. The molecule has 2 N–H and O–H groups in total. The molecule has 1 aliphatic rings. The lowest BCUT2D eigenvalue weighted by Crippen LogP contribution is -2.53. The van der Waals surface area contributed by atoms with Crippen LogP contribution < -0.4 is 10.6 Å². The topological polar surface area (TPSA) is 56.8 Å². The molecule has 1 aliphatic heterocycles. The summed E-state index contributed by atoms with van der Waals surface area (Å²) in [6.45, 7) is 8.97. The highest BCUT2D eigenvalue weighted by atomic mass is 16.5. The zero-order chi connectivity index (χ0) is 14.1. The minimum Gasteiger partial charge on any atom is -0.383 e. The van der Waals surface area contributed by atoms with Gasteiger partial charge in [-0.2, -0.15) is 0 Å². The number of nitrogens with zero attached hydrogens (tertiary/aromatic N) is 2. The molecule has 0 aromatic carbocycles. The maximum absolute atomic E-state index is 12.0. The fraction of sp³-hybridized carbons (Fsp3) is 0.923. The van der Waals surface area contributed by atoms with Crippen molar-refractivity contribution in [2.75, 3.05) is 66.6 Å². The second-order valence-electron chi connectivity index (χ2n) is 5.05. The van der Waals surface area contributed by atoms with E-state index in [1.165, 1.54) is 0 Å². The van der Waals surface area contributed by atoms with E-state index in [9.17, 15) is 4.79 Å². The molecule has 19 heavy (non-hydrogen) atoms. The number of hydrogen-bond donors (Lipinski definition) is 2. The van der Waals surface area contributed by atoms with Gasteiger partial charge in [0.05, 0.1) is 12.6 Å². The second kappa shape index (κ2) is 9.25. The Morgan fingerprint density at radius 1 is 1.42 bits per heavy atom. The van der Waals surface area contributed by atoms with Crippen LogP contribution in [0.3, 0.4) is 0 Å². The fourth-order valence-corrected chi connectivity index (χ4v) is 2.11. The Balaban J connectivity index is 2.15. The molecule has 6 nitrogen and oxygen atoms in total. The third-order valence-electron chi connectivity index (χ3n) is 3.55. The molecule has 1 saturated heterocycles. The summed E-state index contributed by atoms with van der Waals surface area (Å²) in [6, 6.07) is -0.0358.